The number of benzene rings is 2. The average Bonchev–Trinajstić information content (AvgIpc) is 3.19. The van der Waals surface area contributed by atoms with Crippen LogP contribution in [0.4, 0.5) is 5.82 Å². The number of rotatable bonds is 5. The highest BCUT2D eigenvalue weighted by atomic mass is 16.5. The highest BCUT2D eigenvalue weighted by Crippen LogP contribution is 2.45. The SMILES string of the molecule is CCOc1cc([C@H]2CC(=O)Nc3c2c(-c2ccccc2)nn3-c2nc(C)cc(C)n2)ccc1O. The number of nitrogens with zero attached hydrogens (tertiary/aromatic N) is 4. The Morgan fingerprint density at radius 2 is 1.82 bits per heavy atom. The van der Waals surface area contributed by atoms with Crippen LogP contribution in [0.3, 0.4) is 0 Å². The molecule has 2 aromatic heterocycles. The molecule has 0 bridgehead atoms. The monoisotopic (exact) mass is 455 g/mol. The summed E-state index contributed by atoms with van der Waals surface area (Å²) in [6, 6.07) is 17.0. The van der Waals surface area contributed by atoms with E-state index in [1.165, 1.54) is 0 Å². The van der Waals surface area contributed by atoms with E-state index in [1.54, 1.807) is 16.8 Å². The molecule has 172 valence electrons. The van der Waals surface area contributed by atoms with Crippen LogP contribution >= 0.6 is 0 Å². The van der Waals surface area contributed by atoms with Crippen LogP contribution in [-0.4, -0.2) is 37.4 Å². The molecule has 34 heavy (non-hydrogen) atoms. The Labute approximate surface area is 197 Å². The predicted octanol–water partition coefficient (Wildman–Crippen LogP) is 4.52. The van der Waals surface area contributed by atoms with Crippen LogP contribution in [0.5, 0.6) is 11.5 Å². The topological polar surface area (TPSA) is 102 Å². The molecule has 2 N–H and O–H groups in total. The lowest BCUT2D eigenvalue weighted by atomic mass is 9.84. The van der Waals surface area contributed by atoms with Gasteiger partial charge < -0.3 is 15.2 Å². The Balaban J connectivity index is 1.76. The normalized spacial score (nSPS) is 15.0. The lowest BCUT2D eigenvalue weighted by Crippen LogP contribution is -2.25. The van der Waals surface area contributed by atoms with Crippen molar-refractivity contribution in [3.05, 3.63) is 77.1 Å². The van der Waals surface area contributed by atoms with Crippen molar-refractivity contribution < 1.29 is 14.6 Å². The number of aromatic nitrogens is 4. The van der Waals surface area contributed by atoms with Crippen LogP contribution < -0.4 is 10.1 Å². The number of phenolic OH excluding ortho intramolecular Hbond substituents is 1. The molecule has 0 unspecified atom stereocenters. The molecule has 0 saturated carbocycles. The molecule has 5 rings (SSSR count). The number of aromatic hydroxyl groups is 1. The second-order valence-corrected chi connectivity index (χ2v) is 8.30. The van der Waals surface area contributed by atoms with Crippen molar-refractivity contribution in [1.82, 2.24) is 19.7 Å². The second-order valence-electron chi connectivity index (χ2n) is 8.30. The van der Waals surface area contributed by atoms with Gasteiger partial charge >= 0.3 is 0 Å². The van der Waals surface area contributed by atoms with E-state index in [4.69, 9.17) is 9.84 Å². The van der Waals surface area contributed by atoms with Crippen molar-refractivity contribution in [1.29, 1.82) is 0 Å². The molecule has 2 aromatic carbocycles. The van der Waals surface area contributed by atoms with E-state index < -0.39 is 0 Å². The quantitative estimate of drug-likeness (QED) is 0.459. The summed E-state index contributed by atoms with van der Waals surface area (Å²) in [5.74, 6) is 0.980. The molecule has 0 saturated heterocycles. The maximum atomic E-state index is 12.9. The number of nitrogens with one attached hydrogen (secondary N) is 1. The van der Waals surface area contributed by atoms with Gasteiger partial charge in [0.1, 0.15) is 5.82 Å². The van der Waals surface area contributed by atoms with Gasteiger partial charge in [0.25, 0.3) is 5.95 Å². The Morgan fingerprint density at radius 3 is 2.53 bits per heavy atom. The molecular formula is C26H25N5O3. The van der Waals surface area contributed by atoms with Crippen molar-refractivity contribution in [2.75, 3.05) is 11.9 Å². The standard InChI is InChI=1S/C26H25N5O3/c1-4-34-21-13-18(10-11-20(21)32)19-14-22(33)29-25-23(19)24(17-8-6-5-7-9-17)30-31(25)26-27-15(2)12-16(3)28-26/h5-13,19,32H,4,14H2,1-3H3,(H,29,33)/t19-/m1/s1. The lowest BCUT2D eigenvalue weighted by Gasteiger charge is -2.25. The smallest absolute Gasteiger partial charge is 0.252 e. The number of aryl methyl sites for hydroxylation is 2. The first-order chi connectivity index (χ1) is 16.4. The zero-order chi connectivity index (χ0) is 23.8. The number of anilines is 1. The third-order valence-electron chi connectivity index (χ3n) is 5.81. The van der Waals surface area contributed by atoms with E-state index in [0.29, 0.717) is 24.1 Å². The Hall–Kier alpha value is -4.20. The molecule has 0 spiro atoms. The highest BCUT2D eigenvalue weighted by molar-refractivity contribution is 5.96. The maximum absolute atomic E-state index is 12.9. The van der Waals surface area contributed by atoms with Gasteiger partial charge in [-0.25, -0.2) is 9.97 Å². The summed E-state index contributed by atoms with van der Waals surface area (Å²) in [4.78, 5) is 22.0. The van der Waals surface area contributed by atoms with Crippen LogP contribution in [0.2, 0.25) is 0 Å². The molecule has 8 heteroatoms. The molecule has 1 aliphatic rings. The van der Waals surface area contributed by atoms with Crippen LogP contribution in [0.15, 0.2) is 54.6 Å². The molecule has 0 aliphatic carbocycles. The van der Waals surface area contributed by atoms with Crippen LogP contribution in [0.25, 0.3) is 17.2 Å². The maximum Gasteiger partial charge on any atom is 0.252 e. The molecule has 1 amide bonds. The number of carbonyl (C=O) groups excluding carboxylic acids is 1. The second kappa shape index (κ2) is 8.62. The number of phenols is 1. The largest absolute Gasteiger partial charge is 0.504 e. The van der Waals surface area contributed by atoms with Crippen molar-refractivity contribution in [2.45, 2.75) is 33.1 Å². The summed E-state index contributed by atoms with van der Waals surface area (Å²) in [7, 11) is 0. The van der Waals surface area contributed by atoms with Gasteiger partial charge in [0.15, 0.2) is 11.5 Å². The molecule has 0 fully saturated rings. The molecule has 0 radical (unpaired) electrons. The van der Waals surface area contributed by atoms with Crippen LogP contribution in [0.1, 0.15) is 41.8 Å². The fraction of sp³-hybridized carbons (Fsp3) is 0.231. The summed E-state index contributed by atoms with van der Waals surface area (Å²) >= 11 is 0. The minimum absolute atomic E-state index is 0.0636. The van der Waals surface area contributed by atoms with Gasteiger partial charge in [-0.15, -0.1) is 0 Å². The number of ether oxygens (including phenoxy) is 1. The number of fused-ring (bicyclic) bond motifs is 1. The van der Waals surface area contributed by atoms with Gasteiger partial charge in [-0.1, -0.05) is 36.4 Å². The lowest BCUT2D eigenvalue weighted by molar-refractivity contribution is -0.116. The van der Waals surface area contributed by atoms with Crippen molar-refractivity contribution >= 4 is 11.7 Å². The van der Waals surface area contributed by atoms with Gasteiger partial charge in [-0.2, -0.15) is 9.78 Å². The van der Waals surface area contributed by atoms with E-state index in [-0.39, 0.29) is 24.0 Å². The highest BCUT2D eigenvalue weighted by Gasteiger charge is 2.35. The van der Waals surface area contributed by atoms with Gasteiger partial charge in [-0.3, -0.25) is 4.79 Å². The first-order valence-corrected chi connectivity index (χ1v) is 11.2. The number of hydrogen-bond donors (Lipinski definition) is 2. The van der Waals surface area contributed by atoms with Gasteiger partial charge in [0.2, 0.25) is 5.91 Å². The van der Waals surface area contributed by atoms with E-state index in [1.807, 2.05) is 63.2 Å². The van der Waals surface area contributed by atoms with Crippen molar-refractivity contribution in [3.63, 3.8) is 0 Å². The summed E-state index contributed by atoms with van der Waals surface area (Å²) in [5.41, 5.74) is 5.02. The predicted molar refractivity (Wildman–Crippen MR) is 128 cm³/mol. The minimum Gasteiger partial charge on any atom is -0.504 e. The fourth-order valence-corrected chi connectivity index (χ4v) is 4.41. The summed E-state index contributed by atoms with van der Waals surface area (Å²) in [6.07, 6.45) is 0.239. The first-order valence-electron chi connectivity index (χ1n) is 11.2. The van der Waals surface area contributed by atoms with Crippen LogP contribution in [0, 0.1) is 13.8 Å². The molecular weight excluding hydrogens is 430 g/mol. The molecule has 3 heterocycles. The molecule has 1 aliphatic heterocycles. The molecule has 8 nitrogen and oxygen atoms in total. The zero-order valence-electron chi connectivity index (χ0n) is 19.2. The minimum atomic E-state index is -0.293. The third-order valence-corrected chi connectivity index (χ3v) is 5.81. The van der Waals surface area contributed by atoms with E-state index in [9.17, 15) is 9.90 Å². The van der Waals surface area contributed by atoms with Crippen LogP contribution in [-0.2, 0) is 4.79 Å². The van der Waals surface area contributed by atoms with Crippen molar-refractivity contribution in [2.24, 2.45) is 0 Å². The summed E-state index contributed by atoms with van der Waals surface area (Å²) in [5, 5.41) is 18.1. The number of amides is 1. The number of carbonyl (C=O) groups is 1. The Bertz CT molecular complexity index is 1360. The van der Waals surface area contributed by atoms with Gasteiger partial charge in [0, 0.05) is 34.9 Å². The van der Waals surface area contributed by atoms with Gasteiger partial charge in [0.05, 0.1) is 12.3 Å². The van der Waals surface area contributed by atoms with E-state index in [0.717, 1.165) is 33.8 Å². The summed E-state index contributed by atoms with van der Waals surface area (Å²) < 4.78 is 7.22. The Kier molecular flexibility index (Phi) is 5.49. The Morgan fingerprint density at radius 1 is 1.09 bits per heavy atom. The zero-order valence-corrected chi connectivity index (χ0v) is 19.2. The summed E-state index contributed by atoms with van der Waals surface area (Å²) in [6.45, 7) is 6.09. The molecule has 4 aromatic rings. The fourth-order valence-electron chi connectivity index (χ4n) is 4.41. The first kappa shape index (κ1) is 21.6. The van der Waals surface area contributed by atoms with Crippen molar-refractivity contribution in [3.8, 4) is 28.7 Å². The van der Waals surface area contributed by atoms with Gasteiger partial charge in [-0.05, 0) is 44.5 Å². The van der Waals surface area contributed by atoms with E-state index in [2.05, 4.69) is 15.3 Å². The van der Waals surface area contributed by atoms with E-state index >= 15 is 0 Å². The number of hydrogen-bond acceptors (Lipinski definition) is 6. The third kappa shape index (κ3) is 3.87. The molecule has 1 atom stereocenters. The average molecular weight is 456 g/mol.